The molecule has 1 N–H and O–H groups in total. The maximum atomic E-state index is 10.7. The fourth-order valence-corrected chi connectivity index (χ4v) is 2.71. The molecule has 0 atom stereocenters. The van der Waals surface area contributed by atoms with Gasteiger partial charge < -0.3 is 25.0 Å². The van der Waals surface area contributed by atoms with Crippen molar-refractivity contribution in [1.82, 2.24) is 0 Å². The van der Waals surface area contributed by atoms with E-state index in [0.29, 0.717) is 16.9 Å². The average molecular weight is 382 g/mol. The molecule has 1 aliphatic heterocycles. The molecule has 0 amide bonds. The summed E-state index contributed by atoms with van der Waals surface area (Å²) in [5, 5.41) is 31.6. The zero-order valence-corrected chi connectivity index (χ0v) is 16.6. The van der Waals surface area contributed by atoms with Crippen molar-refractivity contribution in [3.63, 3.8) is 0 Å². The van der Waals surface area contributed by atoms with Crippen LogP contribution < -0.4 is 0 Å². The molecule has 1 aliphatic carbocycles. The van der Waals surface area contributed by atoms with Gasteiger partial charge in [0.2, 0.25) is 5.71 Å². The molecule has 0 aromatic rings. The molecule has 28 heavy (non-hydrogen) atoms. The summed E-state index contributed by atoms with van der Waals surface area (Å²) in [6, 6.07) is 0. The van der Waals surface area contributed by atoms with Gasteiger partial charge in [-0.2, -0.15) is 4.90 Å². The molecule has 6 nitrogen and oxygen atoms in total. The summed E-state index contributed by atoms with van der Waals surface area (Å²) >= 11 is 0. The number of aliphatic hydroxyl groups is 1. The third-order valence-electron chi connectivity index (χ3n) is 4.23. The van der Waals surface area contributed by atoms with Gasteiger partial charge in [-0.25, -0.2) is 0 Å². The van der Waals surface area contributed by atoms with Crippen LogP contribution in [0, 0.1) is 10.4 Å². The van der Waals surface area contributed by atoms with Gasteiger partial charge in [-0.15, -0.1) is 0 Å². The number of hydrogen-bond donors (Lipinski definition) is 1. The average Bonchev–Trinajstić information content (AvgIpc) is 2.66. The standard InChI is InChI=1S/C22H24NO5/c1-14(6-11-20-16(3)21(24)17(4)22(27-5)28-20)12-15(2)13-18-7-9-19(10-8-18)23(25)26/h6-13H,1-5H3,(H-,24,25,26)/q-1. The van der Waals surface area contributed by atoms with Crippen molar-refractivity contribution < 1.29 is 19.5 Å². The molecule has 1 heterocycles. The Kier molecular flexibility index (Phi) is 6.71. The van der Waals surface area contributed by atoms with Crippen LogP contribution in [0.15, 0.2) is 93.9 Å². The molecule has 0 radical (unpaired) electrons. The van der Waals surface area contributed by atoms with Crippen molar-refractivity contribution in [2.75, 3.05) is 7.11 Å². The summed E-state index contributed by atoms with van der Waals surface area (Å²) in [5.41, 5.74) is 4.13. The normalized spacial score (nSPS) is 19.4. The zero-order chi connectivity index (χ0) is 20.8. The van der Waals surface area contributed by atoms with Crippen LogP contribution in [0.2, 0.25) is 0 Å². The highest BCUT2D eigenvalue weighted by Crippen LogP contribution is 2.30. The van der Waals surface area contributed by atoms with Gasteiger partial charge >= 0.3 is 0 Å². The van der Waals surface area contributed by atoms with Gasteiger partial charge in [0, 0.05) is 17.7 Å². The van der Waals surface area contributed by atoms with E-state index in [2.05, 4.69) is 0 Å². The van der Waals surface area contributed by atoms with E-state index < -0.39 is 4.90 Å². The van der Waals surface area contributed by atoms with Crippen LogP contribution in [0.4, 0.5) is 0 Å². The fraction of sp³-hybridized carbons (Fsp3) is 0.227. The molecule has 0 aromatic heterocycles. The van der Waals surface area contributed by atoms with Crippen LogP contribution in [0.25, 0.3) is 0 Å². The van der Waals surface area contributed by atoms with E-state index in [-0.39, 0.29) is 17.4 Å². The van der Waals surface area contributed by atoms with Crippen molar-refractivity contribution in [3.8, 4) is 0 Å². The van der Waals surface area contributed by atoms with Gasteiger partial charge in [-0.3, -0.25) is 0 Å². The van der Waals surface area contributed by atoms with E-state index >= 15 is 0 Å². The van der Waals surface area contributed by atoms with Gasteiger partial charge in [0.25, 0.3) is 5.95 Å². The first-order valence-corrected chi connectivity index (χ1v) is 8.72. The van der Waals surface area contributed by atoms with Gasteiger partial charge in [-0.1, -0.05) is 29.4 Å². The minimum atomic E-state index is -0.417. The largest absolute Gasteiger partial charge is 0.612 e. The van der Waals surface area contributed by atoms with E-state index in [1.807, 2.05) is 32.1 Å². The Balaban J connectivity index is 2.17. The number of aliphatic hydroxyl groups excluding tert-OH is 1. The second-order valence-electron chi connectivity index (χ2n) is 6.52. The van der Waals surface area contributed by atoms with Crippen molar-refractivity contribution >= 4 is 5.71 Å². The maximum absolute atomic E-state index is 10.7. The first kappa shape index (κ1) is 20.9. The number of hydrogen-bond acceptors (Lipinski definition) is 5. The van der Waals surface area contributed by atoms with Crippen molar-refractivity contribution in [2.45, 2.75) is 27.7 Å². The number of allylic oxidation sites excluding steroid dienone is 13. The number of nitrogens with zero attached hydrogens (tertiary/aromatic N) is 1. The van der Waals surface area contributed by atoms with Crippen LogP contribution in [0.1, 0.15) is 27.7 Å². The van der Waals surface area contributed by atoms with E-state index in [1.165, 1.54) is 19.3 Å². The Morgan fingerprint density at radius 1 is 1.07 bits per heavy atom. The smallest absolute Gasteiger partial charge is 0.291 e. The van der Waals surface area contributed by atoms with Gasteiger partial charge in [0.15, 0.2) is 0 Å². The fourth-order valence-electron chi connectivity index (χ4n) is 2.71. The van der Waals surface area contributed by atoms with E-state index in [1.54, 1.807) is 32.1 Å². The third kappa shape index (κ3) is 5.07. The highest BCUT2D eigenvalue weighted by Gasteiger charge is 2.21. The molecular weight excluding hydrogens is 358 g/mol. The molecule has 0 unspecified atom stereocenters. The Morgan fingerprint density at radius 3 is 2.29 bits per heavy atom. The molecule has 0 aromatic carbocycles. The molecular formula is C22H24NO5-. The van der Waals surface area contributed by atoms with Crippen molar-refractivity contribution in [3.05, 3.63) is 104 Å². The predicted molar refractivity (Wildman–Crippen MR) is 110 cm³/mol. The summed E-state index contributed by atoms with van der Waals surface area (Å²) in [4.78, 5) is -0.417. The molecule has 0 saturated heterocycles. The van der Waals surface area contributed by atoms with E-state index in [9.17, 15) is 15.5 Å². The molecule has 0 bridgehead atoms. The Bertz CT molecular complexity index is 912. The molecule has 0 saturated carbocycles. The van der Waals surface area contributed by atoms with Gasteiger partial charge in [-0.05, 0) is 51.5 Å². The number of methoxy groups -OCH3 is 1. The second-order valence-corrected chi connectivity index (χ2v) is 6.52. The molecule has 6 heteroatoms. The van der Waals surface area contributed by atoms with Crippen LogP contribution >= 0.6 is 0 Å². The van der Waals surface area contributed by atoms with Gasteiger partial charge in [0.05, 0.1) is 12.7 Å². The maximum Gasteiger partial charge on any atom is 0.291 e. The number of ether oxygens (including phenoxy) is 2. The van der Waals surface area contributed by atoms with E-state index in [4.69, 9.17) is 9.47 Å². The van der Waals surface area contributed by atoms with Crippen LogP contribution in [-0.2, 0) is 9.47 Å². The highest BCUT2D eigenvalue weighted by molar-refractivity contribution is 6.02. The van der Waals surface area contributed by atoms with Crippen molar-refractivity contribution in [1.29, 1.82) is 0 Å². The summed E-state index contributed by atoms with van der Waals surface area (Å²) < 4.78 is 10.8. The monoisotopic (exact) mass is 382 g/mol. The second kappa shape index (κ2) is 8.99. The first-order valence-electron chi connectivity index (χ1n) is 8.72. The Morgan fingerprint density at radius 2 is 1.71 bits per heavy atom. The van der Waals surface area contributed by atoms with Gasteiger partial charge in [0.1, 0.15) is 11.5 Å². The molecule has 2 aliphatic rings. The highest BCUT2D eigenvalue weighted by atomic mass is 16.8. The van der Waals surface area contributed by atoms with Crippen LogP contribution in [-0.4, -0.2) is 22.8 Å². The SMILES string of the molecule is COC1=C(C)C(O)=C(C)C(=CC=C(C)C=C(C)C=C2C=CC(=[N+]([O-])[O-])C=C2)O1. The third-order valence-corrected chi connectivity index (χ3v) is 4.23. The summed E-state index contributed by atoms with van der Waals surface area (Å²) in [7, 11) is 1.49. The van der Waals surface area contributed by atoms with Crippen molar-refractivity contribution in [2.24, 2.45) is 0 Å². The number of rotatable bonds is 4. The predicted octanol–water partition coefficient (Wildman–Crippen LogP) is 5.00. The quantitative estimate of drug-likeness (QED) is 0.420. The Labute approximate surface area is 164 Å². The van der Waals surface area contributed by atoms with E-state index in [0.717, 1.165) is 16.7 Å². The minimum absolute atomic E-state index is 0.0698. The Hall–Kier alpha value is -3.41. The lowest BCUT2D eigenvalue weighted by Gasteiger charge is -2.20. The lowest BCUT2D eigenvalue weighted by molar-refractivity contribution is -0.377. The molecule has 2 rings (SSSR count). The first-order chi connectivity index (χ1) is 13.2. The lowest BCUT2D eigenvalue weighted by Crippen LogP contribution is -2.09. The summed E-state index contributed by atoms with van der Waals surface area (Å²) in [5.74, 6) is 0.946. The summed E-state index contributed by atoms with van der Waals surface area (Å²) in [6.45, 7) is 7.42. The summed E-state index contributed by atoms with van der Waals surface area (Å²) in [6.07, 6.45) is 14.0. The molecule has 148 valence electrons. The zero-order valence-electron chi connectivity index (χ0n) is 16.6. The molecule has 0 fully saturated rings. The van der Waals surface area contributed by atoms with Crippen LogP contribution in [0.3, 0.4) is 0 Å². The lowest BCUT2D eigenvalue weighted by atomic mass is 10.0. The van der Waals surface area contributed by atoms with Crippen LogP contribution in [0.5, 0.6) is 0 Å². The molecule has 0 spiro atoms. The minimum Gasteiger partial charge on any atom is -0.612 e. The topological polar surface area (TPSA) is 87.8 Å².